The molecule has 0 atom stereocenters. The molecule has 0 amide bonds. The van der Waals surface area contributed by atoms with Crippen LogP contribution in [-0.4, -0.2) is 45.3 Å². The van der Waals surface area contributed by atoms with Crippen molar-refractivity contribution < 1.29 is 0 Å². The van der Waals surface area contributed by atoms with Gasteiger partial charge in [0.25, 0.3) is 0 Å². The molecular formula is C9H10N10. The molecule has 19 heavy (non-hydrogen) atoms. The average molecular weight is 258 g/mol. The molecule has 0 aromatic carbocycles. The van der Waals surface area contributed by atoms with Gasteiger partial charge in [-0.15, -0.1) is 10.2 Å². The molecule has 0 aliphatic rings. The number of fused-ring (bicyclic) bond motifs is 2. The molecule has 0 aliphatic heterocycles. The molecule has 4 aromatic heterocycles. The number of hydrogen-bond donors (Lipinski definition) is 3. The van der Waals surface area contributed by atoms with Crippen molar-refractivity contribution in [3.63, 3.8) is 0 Å². The van der Waals surface area contributed by atoms with Crippen molar-refractivity contribution in [3.8, 4) is 0 Å². The fraction of sp³-hybridized carbons (Fsp3) is 0. The van der Waals surface area contributed by atoms with Crippen LogP contribution in [0.2, 0.25) is 0 Å². The van der Waals surface area contributed by atoms with Crippen LogP contribution in [-0.2, 0) is 0 Å². The van der Waals surface area contributed by atoms with Crippen LogP contribution in [0.3, 0.4) is 0 Å². The Balaban J connectivity index is 0.000000133. The molecule has 0 spiro atoms. The summed E-state index contributed by atoms with van der Waals surface area (Å²) in [5.74, 6) is 0. The lowest BCUT2D eigenvalue weighted by Gasteiger charge is -1.80. The van der Waals surface area contributed by atoms with Crippen LogP contribution in [0.4, 0.5) is 0 Å². The Morgan fingerprint density at radius 2 is 1.58 bits per heavy atom. The summed E-state index contributed by atoms with van der Waals surface area (Å²) in [5.41, 5.74) is 3.00. The van der Waals surface area contributed by atoms with E-state index in [2.05, 4.69) is 45.3 Å². The Labute approximate surface area is 106 Å². The van der Waals surface area contributed by atoms with E-state index in [4.69, 9.17) is 0 Å². The molecule has 4 aromatic rings. The van der Waals surface area contributed by atoms with Crippen LogP contribution in [0.25, 0.3) is 22.3 Å². The van der Waals surface area contributed by atoms with E-state index >= 15 is 0 Å². The van der Waals surface area contributed by atoms with Crippen LogP contribution >= 0.6 is 0 Å². The Kier molecular flexibility index (Phi) is 3.64. The summed E-state index contributed by atoms with van der Waals surface area (Å²) < 4.78 is 0. The molecule has 0 aliphatic carbocycles. The predicted octanol–water partition coefficient (Wildman–Crippen LogP) is 0.263. The van der Waals surface area contributed by atoms with Crippen LogP contribution < -0.4 is 6.15 Å². The number of hydrogen-bond acceptors (Lipinski definition) is 8. The maximum absolute atomic E-state index is 3.91. The summed E-state index contributed by atoms with van der Waals surface area (Å²) in [6, 6.07) is 0. The zero-order valence-corrected chi connectivity index (χ0v) is 9.72. The van der Waals surface area contributed by atoms with Gasteiger partial charge in [-0.25, -0.2) is 19.9 Å². The van der Waals surface area contributed by atoms with Gasteiger partial charge < -0.3 is 16.1 Å². The summed E-state index contributed by atoms with van der Waals surface area (Å²) in [6.07, 6.45) is 7.90. The van der Waals surface area contributed by atoms with Crippen LogP contribution in [0.5, 0.6) is 0 Å². The van der Waals surface area contributed by atoms with E-state index in [9.17, 15) is 0 Å². The van der Waals surface area contributed by atoms with Gasteiger partial charge in [0.15, 0.2) is 5.65 Å². The van der Waals surface area contributed by atoms with E-state index in [0.29, 0.717) is 11.3 Å². The topological polar surface area (TPSA) is 157 Å². The van der Waals surface area contributed by atoms with Gasteiger partial charge in [-0.1, -0.05) is 0 Å². The number of nitrogens with zero attached hydrogens (tertiary/aromatic N) is 7. The van der Waals surface area contributed by atoms with Crippen LogP contribution in [0.1, 0.15) is 0 Å². The maximum Gasteiger partial charge on any atom is 0.203 e. The van der Waals surface area contributed by atoms with Crippen LogP contribution in [0, 0.1) is 0 Å². The van der Waals surface area contributed by atoms with Gasteiger partial charge in [-0.05, 0) is 5.21 Å². The number of rotatable bonds is 0. The molecule has 0 bridgehead atoms. The van der Waals surface area contributed by atoms with Gasteiger partial charge in [-0.3, -0.25) is 0 Å². The van der Waals surface area contributed by atoms with Crippen molar-refractivity contribution >= 4 is 22.3 Å². The normalized spacial score (nSPS) is 9.68. The third-order valence-electron chi connectivity index (χ3n) is 2.12. The molecule has 5 N–H and O–H groups in total. The highest BCUT2D eigenvalue weighted by Crippen LogP contribution is 1.99. The van der Waals surface area contributed by atoms with E-state index < -0.39 is 0 Å². The highest BCUT2D eigenvalue weighted by atomic mass is 15.3. The highest BCUT2D eigenvalue weighted by Gasteiger charge is 1.92. The monoisotopic (exact) mass is 258 g/mol. The van der Waals surface area contributed by atoms with Gasteiger partial charge in [0, 0.05) is 0 Å². The molecule has 96 valence electrons. The first-order valence-electron chi connectivity index (χ1n) is 5.00. The van der Waals surface area contributed by atoms with E-state index in [1.807, 2.05) is 0 Å². The van der Waals surface area contributed by atoms with E-state index in [0.717, 1.165) is 11.0 Å². The van der Waals surface area contributed by atoms with Gasteiger partial charge in [-0.2, -0.15) is 0 Å². The fourth-order valence-electron chi connectivity index (χ4n) is 1.31. The van der Waals surface area contributed by atoms with Gasteiger partial charge >= 0.3 is 0 Å². The standard InChI is InChI=1S/C5H4N4.C4H3N5.H3N/c1-4-5(8-2-6-1)9-3-7-4;1-3-4(6-2-5-3)8-9-7-1;/h1-3H,(H,6,7,8,9);1-2H,(H,5,6,7,8);1H3. The number of imidazole rings is 2. The Bertz CT molecular complexity index is 633. The minimum absolute atomic E-state index is 0. The zero-order chi connectivity index (χ0) is 12.2. The fourth-order valence-corrected chi connectivity index (χ4v) is 1.31. The Hall–Kier alpha value is -3.01. The molecule has 10 heteroatoms. The average Bonchev–Trinajstić information content (AvgIpc) is 3.08. The molecule has 0 radical (unpaired) electrons. The summed E-state index contributed by atoms with van der Waals surface area (Å²) in [4.78, 5) is 21.2. The third-order valence-corrected chi connectivity index (χ3v) is 2.12. The van der Waals surface area contributed by atoms with E-state index in [1.165, 1.54) is 6.33 Å². The summed E-state index contributed by atoms with van der Waals surface area (Å²) in [7, 11) is 0. The zero-order valence-electron chi connectivity index (χ0n) is 9.72. The maximum atomic E-state index is 3.91. The molecule has 0 saturated carbocycles. The van der Waals surface area contributed by atoms with Crippen LogP contribution in [0.15, 0.2) is 31.4 Å². The van der Waals surface area contributed by atoms with Gasteiger partial charge in [0.05, 0.1) is 25.0 Å². The number of nitrogens with one attached hydrogen (secondary N) is 2. The lowest BCUT2D eigenvalue weighted by Crippen LogP contribution is -1.84. The van der Waals surface area contributed by atoms with Crippen molar-refractivity contribution in [1.82, 2.24) is 51.5 Å². The van der Waals surface area contributed by atoms with Gasteiger partial charge in [0.1, 0.15) is 17.4 Å². The second-order valence-corrected chi connectivity index (χ2v) is 3.24. The first-order valence-corrected chi connectivity index (χ1v) is 5.00. The van der Waals surface area contributed by atoms with Crippen molar-refractivity contribution in [2.75, 3.05) is 0 Å². The van der Waals surface area contributed by atoms with Crippen molar-refractivity contribution in [1.29, 1.82) is 0 Å². The molecule has 0 fully saturated rings. The molecule has 10 nitrogen and oxygen atoms in total. The molecule has 0 saturated heterocycles. The van der Waals surface area contributed by atoms with Gasteiger partial charge in [0.2, 0.25) is 5.65 Å². The second kappa shape index (κ2) is 5.55. The SMILES string of the molecule is N.c1nc2nnncc2[nH]1.c1ncc2[nH]cnc2n1. The molecule has 4 heterocycles. The van der Waals surface area contributed by atoms with Crippen molar-refractivity contribution in [2.24, 2.45) is 0 Å². The predicted molar refractivity (Wildman–Crippen MR) is 66.2 cm³/mol. The summed E-state index contributed by atoms with van der Waals surface area (Å²) >= 11 is 0. The number of aromatic amines is 2. The number of H-pyrrole nitrogens is 2. The number of aromatic nitrogens is 9. The van der Waals surface area contributed by atoms with Crippen molar-refractivity contribution in [3.05, 3.63) is 31.4 Å². The van der Waals surface area contributed by atoms with E-state index in [1.54, 1.807) is 25.0 Å². The second-order valence-electron chi connectivity index (χ2n) is 3.24. The summed E-state index contributed by atoms with van der Waals surface area (Å²) in [6.45, 7) is 0. The molecular weight excluding hydrogens is 248 g/mol. The smallest absolute Gasteiger partial charge is 0.203 e. The van der Waals surface area contributed by atoms with E-state index in [-0.39, 0.29) is 6.15 Å². The first kappa shape index (κ1) is 12.4. The Morgan fingerprint density at radius 3 is 2.32 bits per heavy atom. The van der Waals surface area contributed by atoms with Crippen molar-refractivity contribution in [2.45, 2.75) is 0 Å². The first-order chi connectivity index (χ1) is 8.93. The molecule has 0 unspecified atom stereocenters. The molecule has 4 rings (SSSR count). The minimum Gasteiger partial charge on any atom is -0.344 e. The highest BCUT2D eigenvalue weighted by molar-refractivity contribution is 5.67. The third kappa shape index (κ3) is 2.63. The quantitative estimate of drug-likeness (QED) is 0.405. The lowest BCUT2D eigenvalue weighted by molar-refractivity contribution is 0.888. The Morgan fingerprint density at radius 1 is 0.842 bits per heavy atom. The minimum atomic E-state index is 0. The summed E-state index contributed by atoms with van der Waals surface area (Å²) in [5, 5.41) is 10.6. The lowest BCUT2D eigenvalue weighted by atomic mass is 10.6. The largest absolute Gasteiger partial charge is 0.344 e.